The Morgan fingerprint density at radius 1 is 1.21 bits per heavy atom. The quantitative estimate of drug-likeness (QED) is 0.628. The molecule has 0 N–H and O–H groups in total. The fourth-order valence-electron chi connectivity index (χ4n) is 3.81. The third-order valence-corrected chi connectivity index (χ3v) is 5.36. The molecule has 0 atom stereocenters. The maximum atomic E-state index is 12.5. The molecule has 0 aliphatic carbocycles. The van der Waals surface area contributed by atoms with Crippen LogP contribution in [-0.4, -0.2) is 46.8 Å². The van der Waals surface area contributed by atoms with E-state index in [1.807, 2.05) is 17.9 Å². The van der Waals surface area contributed by atoms with Crippen LogP contribution in [0.3, 0.4) is 0 Å². The third-order valence-electron chi connectivity index (χ3n) is 5.36. The minimum absolute atomic E-state index is 0.158. The Balaban J connectivity index is 1.57. The number of likely N-dealkylation sites (tertiary alicyclic amines) is 2. The molecule has 0 aromatic heterocycles. The molecule has 2 fully saturated rings. The Hall–Kier alpha value is -1.95. The fourth-order valence-corrected chi connectivity index (χ4v) is 3.81. The smallest absolute Gasteiger partial charge is 0.272 e. The van der Waals surface area contributed by atoms with Gasteiger partial charge in [0.25, 0.3) is 5.69 Å². The van der Waals surface area contributed by atoms with Crippen molar-refractivity contribution in [3.8, 4) is 0 Å². The largest absolute Gasteiger partial charge is 0.342 e. The van der Waals surface area contributed by atoms with Crippen LogP contribution in [0.4, 0.5) is 5.69 Å². The SMILES string of the molecule is Cc1c(CN2CCC(C(=O)N3CCCC3)CC2)cccc1[N+](=O)[O-]. The van der Waals surface area contributed by atoms with E-state index in [4.69, 9.17) is 0 Å². The molecule has 0 spiro atoms. The third kappa shape index (κ3) is 3.59. The molecule has 130 valence electrons. The number of hydrogen-bond donors (Lipinski definition) is 0. The molecule has 1 aromatic carbocycles. The molecule has 2 saturated heterocycles. The molecule has 0 bridgehead atoms. The molecule has 2 aliphatic rings. The molecule has 0 saturated carbocycles. The van der Waals surface area contributed by atoms with Gasteiger partial charge in [0.1, 0.15) is 0 Å². The zero-order valence-electron chi connectivity index (χ0n) is 14.2. The van der Waals surface area contributed by atoms with Crippen LogP contribution in [-0.2, 0) is 11.3 Å². The number of nitro groups is 1. The molecular weight excluding hydrogens is 306 g/mol. The van der Waals surface area contributed by atoms with Crippen LogP contribution in [0, 0.1) is 23.0 Å². The lowest BCUT2D eigenvalue weighted by atomic mass is 9.94. The summed E-state index contributed by atoms with van der Waals surface area (Å²) in [5.74, 6) is 0.490. The Morgan fingerprint density at radius 3 is 2.50 bits per heavy atom. The summed E-state index contributed by atoms with van der Waals surface area (Å²) < 4.78 is 0. The van der Waals surface area contributed by atoms with Gasteiger partial charge in [-0.25, -0.2) is 0 Å². The van der Waals surface area contributed by atoms with E-state index in [0.29, 0.717) is 5.91 Å². The highest BCUT2D eigenvalue weighted by molar-refractivity contribution is 5.79. The number of hydrogen-bond acceptors (Lipinski definition) is 4. The van der Waals surface area contributed by atoms with Crippen molar-refractivity contribution in [1.29, 1.82) is 0 Å². The van der Waals surface area contributed by atoms with Crippen LogP contribution < -0.4 is 0 Å². The lowest BCUT2D eigenvalue weighted by Gasteiger charge is -2.33. The highest BCUT2D eigenvalue weighted by Crippen LogP contribution is 2.26. The maximum absolute atomic E-state index is 12.5. The van der Waals surface area contributed by atoms with E-state index in [0.717, 1.165) is 69.5 Å². The summed E-state index contributed by atoms with van der Waals surface area (Å²) in [6.07, 6.45) is 4.06. The maximum Gasteiger partial charge on any atom is 0.272 e. The summed E-state index contributed by atoms with van der Waals surface area (Å²) >= 11 is 0. The monoisotopic (exact) mass is 331 g/mol. The first kappa shape index (κ1) is 16.9. The number of piperidine rings is 1. The second kappa shape index (κ2) is 7.30. The van der Waals surface area contributed by atoms with Crippen LogP contribution in [0.2, 0.25) is 0 Å². The van der Waals surface area contributed by atoms with E-state index in [2.05, 4.69) is 4.90 Å². The molecule has 0 radical (unpaired) electrons. The van der Waals surface area contributed by atoms with Crippen LogP contribution in [0.5, 0.6) is 0 Å². The van der Waals surface area contributed by atoms with Crippen molar-refractivity contribution < 1.29 is 9.72 Å². The Bertz CT molecular complexity index is 618. The summed E-state index contributed by atoms with van der Waals surface area (Å²) in [6.45, 7) is 6.14. The highest BCUT2D eigenvalue weighted by atomic mass is 16.6. The summed E-state index contributed by atoms with van der Waals surface area (Å²) in [5, 5.41) is 11.1. The van der Waals surface area contributed by atoms with Crippen LogP contribution >= 0.6 is 0 Å². The number of carbonyl (C=O) groups is 1. The first-order chi connectivity index (χ1) is 11.6. The number of benzene rings is 1. The van der Waals surface area contributed by atoms with E-state index in [-0.39, 0.29) is 16.5 Å². The van der Waals surface area contributed by atoms with Gasteiger partial charge in [0.2, 0.25) is 5.91 Å². The second-order valence-corrected chi connectivity index (χ2v) is 6.90. The molecule has 3 rings (SSSR count). The number of nitro benzene ring substituents is 1. The van der Waals surface area contributed by atoms with Gasteiger partial charge in [0, 0.05) is 37.2 Å². The Labute approximate surface area is 142 Å². The minimum Gasteiger partial charge on any atom is -0.342 e. The van der Waals surface area contributed by atoms with Gasteiger partial charge in [-0.15, -0.1) is 0 Å². The predicted molar refractivity (Wildman–Crippen MR) is 91.6 cm³/mol. The minimum atomic E-state index is -0.320. The summed E-state index contributed by atoms with van der Waals surface area (Å²) in [6, 6.07) is 5.27. The van der Waals surface area contributed by atoms with Gasteiger partial charge in [0.15, 0.2) is 0 Å². The van der Waals surface area contributed by atoms with Gasteiger partial charge in [-0.05, 0) is 51.3 Å². The van der Waals surface area contributed by atoms with Gasteiger partial charge in [-0.3, -0.25) is 19.8 Å². The van der Waals surface area contributed by atoms with E-state index in [9.17, 15) is 14.9 Å². The van der Waals surface area contributed by atoms with Crippen molar-refractivity contribution in [2.75, 3.05) is 26.2 Å². The molecule has 6 heteroatoms. The van der Waals surface area contributed by atoms with Crippen molar-refractivity contribution in [2.24, 2.45) is 5.92 Å². The van der Waals surface area contributed by atoms with Crippen molar-refractivity contribution in [1.82, 2.24) is 9.80 Å². The van der Waals surface area contributed by atoms with Crippen molar-refractivity contribution in [2.45, 2.75) is 39.2 Å². The average Bonchev–Trinajstić information content (AvgIpc) is 3.11. The van der Waals surface area contributed by atoms with Crippen molar-refractivity contribution in [3.63, 3.8) is 0 Å². The normalized spacial score (nSPS) is 19.6. The van der Waals surface area contributed by atoms with E-state index in [1.54, 1.807) is 12.1 Å². The van der Waals surface area contributed by atoms with Crippen LogP contribution in [0.1, 0.15) is 36.8 Å². The van der Waals surface area contributed by atoms with Gasteiger partial charge in [0.05, 0.1) is 4.92 Å². The fraction of sp³-hybridized carbons (Fsp3) is 0.611. The van der Waals surface area contributed by atoms with Gasteiger partial charge in [-0.1, -0.05) is 12.1 Å². The van der Waals surface area contributed by atoms with E-state index in [1.165, 1.54) is 0 Å². The molecule has 1 aromatic rings. The average molecular weight is 331 g/mol. The van der Waals surface area contributed by atoms with Crippen molar-refractivity contribution >= 4 is 11.6 Å². The summed E-state index contributed by atoms with van der Waals surface area (Å²) in [5.41, 5.74) is 1.94. The van der Waals surface area contributed by atoms with Gasteiger partial charge in [-0.2, -0.15) is 0 Å². The predicted octanol–water partition coefficient (Wildman–Crippen LogP) is 2.74. The molecule has 1 amide bonds. The van der Waals surface area contributed by atoms with E-state index >= 15 is 0 Å². The first-order valence-corrected chi connectivity index (χ1v) is 8.80. The Morgan fingerprint density at radius 2 is 1.88 bits per heavy atom. The number of carbonyl (C=O) groups excluding carboxylic acids is 1. The van der Waals surface area contributed by atoms with E-state index < -0.39 is 0 Å². The van der Waals surface area contributed by atoms with Crippen LogP contribution in [0.25, 0.3) is 0 Å². The number of rotatable bonds is 4. The topological polar surface area (TPSA) is 66.7 Å². The number of amides is 1. The molecule has 0 unspecified atom stereocenters. The summed E-state index contributed by atoms with van der Waals surface area (Å²) in [4.78, 5) is 27.5. The standard InChI is InChI=1S/C18H25N3O3/c1-14-16(5-4-6-17(14)21(23)24)13-19-11-7-15(8-12-19)18(22)20-9-2-3-10-20/h4-6,15H,2-3,7-13H2,1H3. The second-order valence-electron chi connectivity index (χ2n) is 6.90. The van der Waals surface area contributed by atoms with Gasteiger partial charge >= 0.3 is 0 Å². The number of nitrogens with zero attached hydrogens (tertiary/aromatic N) is 3. The first-order valence-electron chi connectivity index (χ1n) is 8.80. The van der Waals surface area contributed by atoms with Crippen LogP contribution in [0.15, 0.2) is 18.2 Å². The molecule has 24 heavy (non-hydrogen) atoms. The molecular formula is C18H25N3O3. The highest BCUT2D eigenvalue weighted by Gasteiger charge is 2.30. The Kier molecular flexibility index (Phi) is 5.14. The molecule has 2 heterocycles. The van der Waals surface area contributed by atoms with Crippen molar-refractivity contribution in [3.05, 3.63) is 39.4 Å². The van der Waals surface area contributed by atoms with Gasteiger partial charge < -0.3 is 4.90 Å². The molecule has 2 aliphatic heterocycles. The summed E-state index contributed by atoms with van der Waals surface area (Å²) in [7, 11) is 0. The molecule has 6 nitrogen and oxygen atoms in total. The lowest BCUT2D eigenvalue weighted by Crippen LogP contribution is -2.41. The zero-order valence-corrected chi connectivity index (χ0v) is 14.2. The zero-order chi connectivity index (χ0) is 17.1. The lowest BCUT2D eigenvalue weighted by molar-refractivity contribution is -0.385.